The van der Waals surface area contributed by atoms with Gasteiger partial charge in [-0.15, -0.1) is 0 Å². The fraction of sp³-hybridized carbons (Fsp3) is 0.273. The molecule has 1 heterocycles. The highest BCUT2D eigenvalue weighted by atomic mass is 19.4. The van der Waals surface area contributed by atoms with Crippen molar-refractivity contribution in [3.63, 3.8) is 0 Å². The maximum atomic E-state index is 13.0. The van der Waals surface area contributed by atoms with Crippen LogP contribution >= 0.6 is 0 Å². The van der Waals surface area contributed by atoms with Gasteiger partial charge in [0.25, 0.3) is 0 Å². The molecule has 0 aliphatic heterocycles. The summed E-state index contributed by atoms with van der Waals surface area (Å²) < 4.78 is 66.8. The van der Waals surface area contributed by atoms with Crippen molar-refractivity contribution < 1.29 is 31.6 Å². The number of hydrogen-bond donors (Lipinski definition) is 1. The van der Waals surface area contributed by atoms with Crippen molar-refractivity contribution in [3.05, 3.63) is 35.7 Å². The Morgan fingerprint density at radius 3 is 2.30 bits per heavy atom. The van der Waals surface area contributed by atoms with Gasteiger partial charge in [0.2, 0.25) is 11.7 Å². The summed E-state index contributed by atoms with van der Waals surface area (Å²) in [7, 11) is 0. The lowest BCUT2D eigenvalue weighted by molar-refractivity contribution is -0.204. The normalized spacial score (nSPS) is 13.5. The van der Waals surface area contributed by atoms with E-state index < -0.39 is 36.2 Å². The number of aromatic nitrogens is 2. The number of halogens is 5. The minimum atomic E-state index is -4.82. The molecule has 0 saturated heterocycles. The van der Waals surface area contributed by atoms with Gasteiger partial charge >= 0.3 is 6.18 Å². The molecule has 1 N–H and O–H groups in total. The Labute approximate surface area is 108 Å². The number of alkyl halides is 3. The molecule has 2 aromatic rings. The zero-order chi connectivity index (χ0) is 14.9. The van der Waals surface area contributed by atoms with Crippen LogP contribution in [-0.4, -0.2) is 27.5 Å². The molecule has 4 nitrogen and oxygen atoms in total. The zero-order valence-corrected chi connectivity index (χ0v) is 9.66. The molecule has 1 unspecified atom stereocenters. The molecule has 1 aromatic carbocycles. The van der Waals surface area contributed by atoms with E-state index in [4.69, 9.17) is 5.11 Å². The molecular weight excluding hydrogens is 287 g/mol. The summed E-state index contributed by atoms with van der Waals surface area (Å²) in [5.74, 6) is -2.54. The van der Waals surface area contributed by atoms with Crippen LogP contribution in [0.4, 0.5) is 22.0 Å². The fourth-order valence-corrected chi connectivity index (χ4v) is 1.42. The fourth-order valence-electron chi connectivity index (χ4n) is 1.42. The topological polar surface area (TPSA) is 59.2 Å². The molecule has 0 fully saturated rings. The number of nitrogens with zero attached hydrogens (tertiary/aromatic N) is 2. The summed E-state index contributed by atoms with van der Waals surface area (Å²) in [6.07, 6.45) is -8.41. The van der Waals surface area contributed by atoms with Crippen LogP contribution in [0.5, 0.6) is 0 Å². The Morgan fingerprint density at radius 1 is 1.15 bits per heavy atom. The highest BCUT2D eigenvalue weighted by Crippen LogP contribution is 2.24. The highest BCUT2D eigenvalue weighted by Gasteiger charge is 2.39. The lowest BCUT2D eigenvalue weighted by Gasteiger charge is -2.11. The predicted octanol–water partition coefficient (Wildman–Crippen LogP) is 2.48. The number of aliphatic hydroxyl groups excluding tert-OH is 1. The maximum Gasteiger partial charge on any atom is 0.414 e. The van der Waals surface area contributed by atoms with Crippen LogP contribution in [0.3, 0.4) is 0 Å². The quantitative estimate of drug-likeness (QED) is 0.884. The van der Waals surface area contributed by atoms with Gasteiger partial charge in [0, 0.05) is 11.6 Å². The first kappa shape index (κ1) is 14.4. The van der Waals surface area contributed by atoms with Gasteiger partial charge in [0.05, 0.1) is 6.42 Å². The predicted molar refractivity (Wildman–Crippen MR) is 55.4 cm³/mol. The zero-order valence-electron chi connectivity index (χ0n) is 9.66. The lowest BCUT2D eigenvalue weighted by atomic mass is 10.2. The average molecular weight is 294 g/mol. The van der Waals surface area contributed by atoms with Crippen LogP contribution in [-0.2, 0) is 6.42 Å². The smallest absolute Gasteiger partial charge is 0.383 e. The SMILES string of the molecule is OC(Cc1nc(-c2cc(F)cc(F)c2)no1)C(F)(F)F. The molecule has 0 spiro atoms. The van der Waals surface area contributed by atoms with Crippen molar-refractivity contribution in [2.45, 2.75) is 18.7 Å². The van der Waals surface area contributed by atoms with Gasteiger partial charge in [-0.2, -0.15) is 18.2 Å². The summed E-state index contributed by atoms with van der Waals surface area (Å²) in [4.78, 5) is 3.55. The second-order valence-electron chi connectivity index (χ2n) is 3.93. The second-order valence-corrected chi connectivity index (χ2v) is 3.93. The van der Waals surface area contributed by atoms with Gasteiger partial charge in [0.1, 0.15) is 11.6 Å². The van der Waals surface area contributed by atoms with E-state index in [0.717, 1.165) is 12.1 Å². The van der Waals surface area contributed by atoms with Gasteiger partial charge in [-0.25, -0.2) is 8.78 Å². The molecule has 0 aliphatic rings. The molecule has 1 atom stereocenters. The van der Waals surface area contributed by atoms with E-state index in [-0.39, 0.29) is 11.4 Å². The van der Waals surface area contributed by atoms with Gasteiger partial charge < -0.3 is 9.63 Å². The minimum Gasteiger partial charge on any atom is -0.383 e. The molecule has 2 rings (SSSR count). The third-order valence-electron chi connectivity index (χ3n) is 2.33. The first-order valence-electron chi connectivity index (χ1n) is 5.29. The van der Waals surface area contributed by atoms with Crippen molar-refractivity contribution in [2.75, 3.05) is 0 Å². The van der Waals surface area contributed by atoms with Gasteiger partial charge in [-0.3, -0.25) is 0 Å². The van der Waals surface area contributed by atoms with E-state index >= 15 is 0 Å². The monoisotopic (exact) mass is 294 g/mol. The summed E-state index contributed by atoms with van der Waals surface area (Å²) >= 11 is 0. The van der Waals surface area contributed by atoms with E-state index in [1.807, 2.05) is 0 Å². The van der Waals surface area contributed by atoms with E-state index in [2.05, 4.69) is 14.7 Å². The van der Waals surface area contributed by atoms with Crippen molar-refractivity contribution in [1.29, 1.82) is 0 Å². The number of aliphatic hydroxyl groups is 1. The third kappa shape index (κ3) is 3.29. The van der Waals surface area contributed by atoms with Gasteiger partial charge in [-0.1, -0.05) is 5.16 Å². The molecular formula is C11H7F5N2O2. The lowest BCUT2D eigenvalue weighted by Crippen LogP contribution is -2.30. The summed E-state index contributed by atoms with van der Waals surface area (Å²) in [5, 5.41) is 12.1. The molecule has 0 saturated carbocycles. The standard InChI is InChI=1S/C11H7F5N2O2/c12-6-1-5(2-7(13)3-6)10-17-9(20-18-10)4-8(19)11(14,15)16/h1-3,8,19H,4H2. The number of benzene rings is 1. The van der Waals surface area contributed by atoms with E-state index in [1.54, 1.807) is 0 Å². The molecule has 108 valence electrons. The Bertz CT molecular complexity index is 591. The third-order valence-corrected chi connectivity index (χ3v) is 2.33. The Balaban J connectivity index is 2.21. The van der Waals surface area contributed by atoms with Crippen LogP contribution in [0, 0.1) is 11.6 Å². The number of rotatable bonds is 3. The maximum absolute atomic E-state index is 13.0. The van der Waals surface area contributed by atoms with Crippen LogP contribution in [0.25, 0.3) is 11.4 Å². The highest BCUT2D eigenvalue weighted by molar-refractivity contribution is 5.54. The summed E-state index contributed by atoms with van der Waals surface area (Å²) in [5.41, 5.74) is -0.0843. The molecule has 0 amide bonds. The summed E-state index contributed by atoms with van der Waals surface area (Å²) in [6, 6.07) is 2.42. The van der Waals surface area contributed by atoms with Crippen LogP contribution < -0.4 is 0 Å². The number of hydrogen-bond acceptors (Lipinski definition) is 4. The molecule has 20 heavy (non-hydrogen) atoms. The van der Waals surface area contributed by atoms with Crippen LogP contribution in [0.15, 0.2) is 22.7 Å². The van der Waals surface area contributed by atoms with E-state index in [1.165, 1.54) is 0 Å². The first-order valence-corrected chi connectivity index (χ1v) is 5.29. The van der Waals surface area contributed by atoms with Crippen molar-refractivity contribution >= 4 is 0 Å². The van der Waals surface area contributed by atoms with Gasteiger partial charge in [-0.05, 0) is 12.1 Å². The largest absolute Gasteiger partial charge is 0.414 e. The van der Waals surface area contributed by atoms with Crippen molar-refractivity contribution in [1.82, 2.24) is 10.1 Å². The first-order chi connectivity index (χ1) is 9.25. The average Bonchev–Trinajstić information content (AvgIpc) is 2.75. The van der Waals surface area contributed by atoms with Crippen molar-refractivity contribution in [3.8, 4) is 11.4 Å². The molecule has 0 aliphatic carbocycles. The van der Waals surface area contributed by atoms with Crippen LogP contribution in [0.1, 0.15) is 5.89 Å². The van der Waals surface area contributed by atoms with Crippen molar-refractivity contribution in [2.24, 2.45) is 0 Å². The van der Waals surface area contributed by atoms with E-state index in [9.17, 15) is 22.0 Å². The molecule has 0 bridgehead atoms. The Morgan fingerprint density at radius 2 is 1.75 bits per heavy atom. The van der Waals surface area contributed by atoms with Crippen LogP contribution in [0.2, 0.25) is 0 Å². The Hall–Kier alpha value is -2.03. The minimum absolute atomic E-state index is 0.0843. The summed E-state index contributed by atoms with van der Waals surface area (Å²) in [6.45, 7) is 0. The molecule has 1 aromatic heterocycles. The Kier molecular flexibility index (Phi) is 3.71. The molecule has 0 radical (unpaired) electrons. The van der Waals surface area contributed by atoms with E-state index in [0.29, 0.717) is 6.07 Å². The second kappa shape index (κ2) is 5.16. The molecule has 9 heteroatoms. The van der Waals surface area contributed by atoms with Gasteiger partial charge in [0.15, 0.2) is 6.10 Å².